The van der Waals surface area contributed by atoms with E-state index >= 15 is 0 Å². The molecule has 1 heterocycles. The van der Waals surface area contributed by atoms with E-state index in [2.05, 4.69) is 15.6 Å². The van der Waals surface area contributed by atoms with Gasteiger partial charge in [-0.05, 0) is 37.4 Å². The van der Waals surface area contributed by atoms with E-state index in [0.717, 1.165) is 12.1 Å². The number of amides is 1. The van der Waals surface area contributed by atoms with Gasteiger partial charge in [0.2, 0.25) is 5.88 Å². The fourth-order valence-electron chi connectivity index (χ4n) is 1.81. The topological polar surface area (TPSA) is 63.2 Å². The lowest BCUT2D eigenvalue weighted by Gasteiger charge is -2.09. The molecule has 1 aromatic carbocycles. The van der Waals surface area contributed by atoms with Crippen molar-refractivity contribution in [2.75, 3.05) is 20.1 Å². The minimum atomic E-state index is -4.44. The predicted molar refractivity (Wildman–Crippen MR) is 82.0 cm³/mol. The Hall–Kier alpha value is -2.61. The molecule has 2 N–H and O–H groups in total. The molecular formula is C16H16F3N3O2. The molecule has 0 spiro atoms. The highest BCUT2D eigenvalue weighted by Crippen LogP contribution is 2.30. The third kappa shape index (κ3) is 4.95. The molecule has 0 atom stereocenters. The van der Waals surface area contributed by atoms with Gasteiger partial charge in [0.15, 0.2) is 0 Å². The third-order valence-electron chi connectivity index (χ3n) is 3.06. The van der Waals surface area contributed by atoms with E-state index in [1.165, 1.54) is 0 Å². The molecule has 1 aromatic heterocycles. The zero-order valence-corrected chi connectivity index (χ0v) is 12.9. The van der Waals surface area contributed by atoms with Gasteiger partial charge in [0, 0.05) is 30.9 Å². The number of rotatable bonds is 6. The molecule has 0 saturated heterocycles. The Labute approximate surface area is 136 Å². The first-order valence-corrected chi connectivity index (χ1v) is 7.14. The number of likely N-dealkylation sites (N-methyl/N-ethyl adjacent to an activating group) is 1. The summed E-state index contributed by atoms with van der Waals surface area (Å²) in [5.74, 6) is 0.188. The molecule has 5 nitrogen and oxygen atoms in total. The molecule has 0 aliphatic heterocycles. The largest absolute Gasteiger partial charge is 0.439 e. The number of nitrogens with one attached hydrogen (secondary N) is 2. The molecule has 0 radical (unpaired) electrons. The highest BCUT2D eigenvalue weighted by Gasteiger charge is 2.30. The van der Waals surface area contributed by atoms with Gasteiger partial charge >= 0.3 is 6.18 Å². The van der Waals surface area contributed by atoms with E-state index in [1.54, 1.807) is 31.3 Å². The van der Waals surface area contributed by atoms with Crippen LogP contribution >= 0.6 is 0 Å². The fraction of sp³-hybridized carbons (Fsp3) is 0.250. The monoisotopic (exact) mass is 339 g/mol. The predicted octanol–water partition coefficient (Wildman–Crippen LogP) is 2.84. The van der Waals surface area contributed by atoms with E-state index in [9.17, 15) is 18.0 Å². The second-order valence-electron chi connectivity index (χ2n) is 4.87. The molecule has 0 saturated carbocycles. The molecule has 2 rings (SSSR count). The number of hydrogen-bond acceptors (Lipinski definition) is 4. The summed E-state index contributed by atoms with van der Waals surface area (Å²) >= 11 is 0. The number of ether oxygens (including phenoxy) is 1. The molecular weight excluding hydrogens is 323 g/mol. The number of nitrogens with zero attached hydrogens (tertiary/aromatic N) is 1. The van der Waals surface area contributed by atoms with E-state index in [-0.39, 0.29) is 11.8 Å². The quantitative estimate of drug-likeness (QED) is 0.795. The maximum Gasteiger partial charge on any atom is 0.417 e. The average Bonchev–Trinajstić information content (AvgIpc) is 2.55. The average molecular weight is 339 g/mol. The number of carbonyl (C=O) groups excluding carboxylic acids is 1. The standard InChI is InChI=1S/C16H16F3N3O2/c1-20-8-9-21-15(23)11-2-5-13(6-3-11)24-14-7-4-12(10-22-14)16(17,18)19/h2-7,10,20H,8-9H2,1H3,(H,21,23). The van der Waals surface area contributed by atoms with Crippen molar-refractivity contribution in [3.63, 3.8) is 0 Å². The summed E-state index contributed by atoms with van der Waals surface area (Å²) in [7, 11) is 1.79. The smallest absolute Gasteiger partial charge is 0.417 e. The maximum absolute atomic E-state index is 12.5. The summed E-state index contributed by atoms with van der Waals surface area (Å²) in [6.45, 7) is 1.16. The second kappa shape index (κ2) is 7.78. The number of aromatic nitrogens is 1. The van der Waals surface area contributed by atoms with Gasteiger partial charge in [0.1, 0.15) is 5.75 Å². The number of alkyl halides is 3. The highest BCUT2D eigenvalue weighted by molar-refractivity contribution is 5.94. The SMILES string of the molecule is CNCCNC(=O)c1ccc(Oc2ccc(C(F)(F)F)cn2)cc1. The number of benzene rings is 1. The van der Waals surface area contributed by atoms with Crippen molar-refractivity contribution in [3.05, 3.63) is 53.7 Å². The molecule has 8 heteroatoms. The Morgan fingerprint density at radius 1 is 1.12 bits per heavy atom. The Balaban J connectivity index is 1.97. The van der Waals surface area contributed by atoms with Crippen LogP contribution < -0.4 is 15.4 Å². The van der Waals surface area contributed by atoms with Crippen molar-refractivity contribution >= 4 is 5.91 Å². The zero-order chi connectivity index (χ0) is 17.6. The number of hydrogen-bond donors (Lipinski definition) is 2. The van der Waals surface area contributed by atoms with Crippen LogP contribution in [-0.2, 0) is 6.18 Å². The first kappa shape index (κ1) is 17.7. The van der Waals surface area contributed by atoms with E-state index < -0.39 is 11.7 Å². The van der Waals surface area contributed by atoms with Crippen molar-refractivity contribution in [1.82, 2.24) is 15.6 Å². The number of carbonyl (C=O) groups is 1. The highest BCUT2D eigenvalue weighted by atomic mass is 19.4. The van der Waals surface area contributed by atoms with Gasteiger partial charge in [-0.25, -0.2) is 4.98 Å². The van der Waals surface area contributed by atoms with Crippen LogP contribution in [0.1, 0.15) is 15.9 Å². The van der Waals surface area contributed by atoms with Crippen LogP contribution in [-0.4, -0.2) is 31.0 Å². The summed E-state index contributed by atoms with van der Waals surface area (Å²) in [5.41, 5.74) is -0.387. The van der Waals surface area contributed by atoms with Crippen molar-refractivity contribution in [2.45, 2.75) is 6.18 Å². The Morgan fingerprint density at radius 3 is 2.38 bits per heavy atom. The molecule has 0 unspecified atom stereocenters. The van der Waals surface area contributed by atoms with E-state index in [1.807, 2.05) is 0 Å². The summed E-state index contributed by atoms with van der Waals surface area (Å²) in [6, 6.07) is 8.26. The Morgan fingerprint density at radius 2 is 1.83 bits per heavy atom. The van der Waals surface area contributed by atoms with Gasteiger partial charge in [-0.3, -0.25) is 4.79 Å². The molecule has 0 bridgehead atoms. The number of pyridine rings is 1. The van der Waals surface area contributed by atoms with Crippen LogP contribution in [0.2, 0.25) is 0 Å². The fourth-order valence-corrected chi connectivity index (χ4v) is 1.81. The summed E-state index contributed by atoms with van der Waals surface area (Å²) in [5, 5.41) is 5.64. The summed E-state index contributed by atoms with van der Waals surface area (Å²) in [6.07, 6.45) is -3.73. The normalized spacial score (nSPS) is 11.2. The van der Waals surface area contributed by atoms with Gasteiger partial charge in [-0.2, -0.15) is 13.2 Å². The van der Waals surface area contributed by atoms with Crippen LogP contribution in [0.5, 0.6) is 11.6 Å². The third-order valence-corrected chi connectivity index (χ3v) is 3.06. The molecule has 128 valence electrons. The van der Waals surface area contributed by atoms with Crippen LogP contribution in [0, 0.1) is 0 Å². The van der Waals surface area contributed by atoms with Gasteiger partial charge in [-0.15, -0.1) is 0 Å². The Bertz CT molecular complexity index is 670. The van der Waals surface area contributed by atoms with Crippen LogP contribution in [0.4, 0.5) is 13.2 Å². The maximum atomic E-state index is 12.5. The van der Waals surface area contributed by atoms with Crippen molar-refractivity contribution < 1.29 is 22.7 Å². The van der Waals surface area contributed by atoms with Crippen LogP contribution in [0.15, 0.2) is 42.6 Å². The lowest BCUT2D eigenvalue weighted by molar-refractivity contribution is -0.137. The molecule has 0 fully saturated rings. The zero-order valence-electron chi connectivity index (χ0n) is 12.9. The first-order valence-electron chi connectivity index (χ1n) is 7.14. The van der Waals surface area contributed by atoms with Crippen LogP contribution in [0.25, 0.3) is 0 Å². The lowest BCUT2D eigenvalue weighted by Crippen LogP contribution is -2.30. The second-order valence-corrected chi connectivity index (χ2v) is 4.87. The lowest BCUT2D eigenvalue weighted by atomic mass is 10.2. The van der Waals surface area contributed by atoms with Gasteiger partial charge in [0.05, 0.1) is 5.56 Å². The Kier molecular flexibility index (Phi) is 5.75. The first-order chi connectivity index (χ1) is 11.4. The van der Waals surface area contributed by atoms with Gasteiger partial charge in [-0.1, -0.05) is 0 Å². The van der Waals surface area contributed by atoms with Gasteiger partial charge in [0.25, 0.3) is 5.91 Å². The van der Waals surface area contributed by atoms with Crippen molar-refractivity contribution in [2.24, 2.45) is 0 Å². The number of halogens is 3. The van der Waals surface area contributed by atoms with Crippen molar-refractivity contribution in [3.8, 4) is 11.6 Å². The minimum absolute atomic E-state index is 0.0363. The molecule has 1 amide bonds. The van der Waals surface area contributed by atoms with Crippen LogP contribution in [0.3, 0.4) is 0 Å². The molecule has 2 aromatic rings. The summed E-state index contributed by atoms with van der Waals surface area (Å²) < 4.78 is 42.7. The summed E-state index contributed by atoms with van der Waals surface area (Å²) in [4.78, 5) is 15.4. The molecule has 0 aliphatic rings. The van der Waals surface area contributed by atoms with Crippen molar-refractivity contribution in [1.29, 1.82) is 0 Å². The molecule has 0 aliphatic carbocycles. The van der Waals surface area contributed by atoms with Gasteiger partial charge < -0.3 is 15.4 Å². The van der Waals surface area contributed by atoms with E-state index in [0.29, 0.717) is 30.6 Å². The van der Waals surface area contributed by atoms with E-state index in [4.69, 9.17) is 4.74 Å². The minimum Gasteiger partial charge on any atom is -0.439 e. The molecule has 24 heavy (non-hydrogen) atoms.